The summed E-state index contributed by atoms with van der Waals surface area (Å²) in [5.74, 6) is 0. The van der Waals surface area contributed by atoms with Crippen LogP contribution in [0.25, 0.3) is 0 Å². The molecule has 0 aromatic rings. The maximum Gasteiger partial charge on any atom is 0.0700 e. The summed E-state index contributed by atoms with van der Waals surface area (Å²) in [5, 5.41) is 0. The van der Waals surface area contributed by atoms with Crippen LogP contribution >= 0.6 is 0 Å². The largest absolute Gasteiger partial charge is 0.385 e. The second-order valence-corrected chi connectivity index (χ2v) is 4.43. The van der Waals surface area contributed by atoms with Gasteiger partial charge in [0.2, 0.25) is 0 Å². The van der Waals surface area contributed by atoms with Gasteiger partial charge in [0.25, 0.3) is 0 Å². The topological polar surface area (TPSA) is 27.7 Å². The van der Waals surface area contributed by atoms with Crippen LogP contribution in [0.5, 0.6) is 0 Å². The van der Waals surface area contributed by atoms with Gasteiger partial charge in [-0.05, 0) is 12.8 Å². The molecule has 0 unspecified atom stereocenters. The van der Waals surface area contributed by atoms with E-state index in [0.29, 0.717) is 6.61 Å². The lowest BCUT2D eigenvalue weighted by molar-refractivity contribution is 0.0685. The van der Waals surface area contributed by atoms with Crippen LogP contribution in [0.2, 0.25) is 0 Å². The molecule has 0 spiro atoms. The van der Waals surface area contributed by atoms with Gasteiger partial charge in [-0.1, -0.05) is 38.5 Å². The number of methoxy groups -OCH3 is 2. The Hall–Kier alpha value is -0.120. The molecule has 0 amide bonds. The first-order valence-electron chi connectivity index (χ1n) is 6.97. The zero-order valence-corrected chi connectivity index (χ0v) is 11.7. The first kappa shape index (κ1) is 16.9. The van der Waals surface area contributed by atoms with Gasteiger partial charge < -0.3 is 14.2 Å². The van der Waals surface area contributed by atoms with E-state index in [4.69, 9.17) is 14.2 Å². The van der Waals surface area contributed by atoms with Gasteiger partial charge >= 0.3 is 0 Å². The van der Waals surface area contributed by atoms with Gasteiger partial charge in [-0.2, -0.15) is 0 Å². The molecule has 0 rings (SSSR count). The van der Waals surface area contributed by atoms with Gasteiger partial charge in [-0.25, -0.2) is 0 Å². The van der Waals surface area contributed by atoms with Crippen LogP contribution in [0.4, 0.5) is 0 Å². The quantitative estimate of drug-likeness (QED) is 0.440. The number of ether oxygens (including phenoxy) is 3. The average Bonchev–Trinajstić information content (AvgIpc) is 2.35. The van der Waals surface area contributed by atoms with E-state index in [-0.39, 0.29) is 0 Å². The fraction of sp³-hybridized carbons (Fsp3) is 1.00. The molecular formula is C14H30O3. The summed E-state index contributed by atoms with van der Waals surface area (Å²) in [4.78, 5) is 0. The third kappa shape index (κ3) is 15.9. The summed E-state index contributed by atoms with van der Waals surface area (Å²) in [6.07, 6.45) is 10.4. The molecule has 17 heavy (non-hydrogen) atoms. The van der Waals surface area contributed by atoms with Crippen molar-refractivity contribution in [3.05, 3.63) is 0 Å². The van der Waals surface area contributed by atoms with Gasteiger partial charge in [-0.15, -0.1) is 0 Å². The first-order chi connectivity index (χ1) is 8.41. The zero-order chi connectivity index (χ0) is 12.6. The molecule has 3 heteroatoms. The first-order valence-corrected chi connectivity index (χ1v) is 6.97. The molecule has 104 valence electrons. The van der Waals surface area contributed by atoms with Gasteiger partial charge in [-0.3, -0.25) is 0 Å². The normalized spacial score (nSPS) is 10.9. The summed E-state index contributed by atoms with van der Waals surface area (Å²) < 4.78 is 15.3. The van der Waals surface area contributed by atoms with Crippen LogP contribution in [0.15, 0.2) is 0 Å². The summed E-state index contributed by atoms with van der Waals surface area (Å²) >= 11 is 0. The standard InChI is InChI=1S/C14H30O3/c1-15-11-9-7-5-3-4-6-8-10-12-17-14-13-16-2/h3-14H2,1-2H3. The van der Waals surface area contributed by atoms with Crippen LogP contribution in [-0.2, 0) is 14.2 Å². The molecule has 0 atom stereocenters. The van der Waals surface area contributed by atoms with Crippen LogP contribution in [0.3, 0.4) is 0 Å². The Labute approximate surface area is 107 Å². The van der Waals surface area contributed by atoms with Crippen LogP contribution < -0.4 is 0 Å². The molecule has 0 bridgehead atoms. The molecule has 0 aromatic heterocycles. The van der Waals surface area contributed by atoms with Crippen molar-refractivity contribution in [1.29, 1.82) is 0 Å². The molecule has 0 aliphatic heterocycles. The number of rotatable bonds is 14. The molecular weight excluding hydrogens is 216 g/mol. The third-order valence-electron chi connectivity index (χ3n) is 2.82. The third-order valence-corrected chi connectivity index (χ3v) is 2.82. The van der Waals surface area contributed by atoms with Crippen molar-refractivity contribution in [2.24, 2.45) is 0 Å². The average molecular weight is 246 g/mol. The summed E-state index contributed by atoms with van der Waals surface area (Å²) in [6, 6.07) is 0. The monoisotopic (exact) mass is 246 g/mol. The van der Waals surface area contributed by atoms with Crippen molar-refractivity contribution in [1.82, 2.24) is 0 Å². The Morgan fingerprint density at radius 1 is 0.471 bits per heavy atom. The van der Waals surface area contributed by atoms with E-state index in [0.717, 1.165) is 19.8 Å². The summed E-state index contributed by atoms with van der Waals surface area (Å²) in [5.41, 5.74) is 0. The van der Waals surface area contributed by atoms with E-state index in [9.17, 15) is 0 Å². The van der Waals surface area contributed by atoms with E-state index in [2.05, 4.69) is 0 Å². The van der Waals surface area contributed by atoms with Crippen LogP contribution in [0.1, 0.15) is 51.4 Å². The van der Waals surface area contributed by atoms with E-state index in [1.54, 1.807) is 14.2 Å². The molecule has 0 aliphatic rings. The van der Waals surface area contributed by atoms with Crippen molar-refractivity contribution in [3.63, 3.8) is 0 Å². The van der Waals surface area contributed by atoms with Crippen LogP contribution in [0, 0.1) is 0 Å². The SMILES string of the molecule is COCCCCCCCCCCOCCOC. The minimum Gasteiger partial charge on any atom is -0.385 e. The van der Waals surface area contributed by atoms with Gasteiger partial charge in [0.05, 0.1) is 13.2 Å². The highest BCUT2D eigenvalue weighted by Gasteiger charge is 1.93. The highest BCUT2D eigenvalue weighted by molar-refractivity contribution is 4.46. The second-order valence-electron chi connectivity index (χ2n) is 4.43. The maximum absolute atomic E-state index is 5.41. The Balaban J connectivity index is 2.85. The Morgan fingerprint density at radius 3 is 1.47 bits per heavy atom. The molecule has 0 radical (unpaired) electrons. The van der Waals surface area contributed by atoms with E-state index >= 15 is 0 Å². The molecule has 0 aromatic carbocycles. The number of hydrogen-bond acceptors (Lipinski definition) is 3. The highest BCUT2D eigenvalue weighted by Crippen LogP contribution is 2.08. The van der Waals surface area contributed by atoms with E-state index in [1.807, 2.05) is 0 Å². The molecule has 0 saturated carbocycles. The smallest absolute Gasteiger partial charge is 0.0700 e. The molecule has 0 fully saturated rings. The molecule has 0 N–H and O–H groups in total. The van der Waals surface area contributed by atoms with Crippen molar-refractivity contribution >= 4 is 0 Å². The van der Waals surface area contributed by atoms with Crippen molar-refractivity contribution in [2.45, 2.75) is 51.4 Å². The Bertz CT molecular complexity index is 115. The highest BCUT2D eigenvalue weighted by atomic mass is 16.5. The molecule has 0 aliphatic carbocycles. The summed E-state index contributed by atoms with van der Waals surface area (Å²) in [6.45, 7) is 3.24. The van der Waals surface area contributed by atoms with Crippen molar-refractivity contribution < 1.29 is 14.2 Å². The lowest BCUT2D eigenvalue weighted by atomic mass is 10.1. The summed E-state index contributed by atoms with van der Waals surface area (Å²) in [7, 11) is 3.48. The predicted molar refractivity (Wildman–Crippen MR) is 71.5 cm³/mol. The lowest BCUT2D eigenvalue weighted by Crippen LogP contribution is -2.02. The fourth-order valence-corrected chi connectivity index (χ4v) is 1.76. The number of hydrogen-bond donors (Lipinski definition) is 0. The van der Waals surface area contributed by atoms with Gasteiger partial charge in [0.1, 0.15) is 0 Å². The van der Waals surface area contributed by atoms with Crippen LogP contribution in [-0.4, -0.2) is 40.6 Å². The van der Waals surface area contributed by atoms with Crippen molar-refractivity contribution in [3.8, 4) is 0 Å². The molecule has 3 nitrogen and oxygen atoms in total. The van der Waals surface area contributed by atoms with E-state index in [1.165, 1.54) is 51.4 Å². The number of unbranched alkanes of at least 4 members (excludes halogenated alkanes) is 7. The minimum absolute atomic E-state index is 0.710. The predicted octanol–water partition coefficient (Wildman–Crippen LogP) is 3.42. The minimum atomic E-state index is 0.710. The molecule has 0 saturated heterocycles. The van der Waals surface area contributed by atoms with Gasteiger partial charge in [0.15, 0.2) is 0 Å². The molecule has 0 heterocycles. The van der Waals surface area contributed by atoms with Crippen molar-refractivity contribution in [2.75, 3.05) is 40.6 Å². The Kier molecular flexibility index (Phi) is 15.8. The van der Waals surface area contributed by atoms with E-state index < -0.39 is 0 Å². The Morgan fingerprint density at radius 2 is 0.941 bits per heavy atom. The lowest BCUT2D eigenvalue weighted by Gasteiger charge is -2.04. The second kappa shape index (κ2) is 15.9. The maximum atomic E-state index is 5.41. The zero-order valence-electron chi connectivity index (χ0n) is 11.7. The fourth-order valence-electron chi connectivity index (χ4n) is 1.76. The van der Waals surface area contributed by atoms with Gasteiger partial charge in [0, 0.05) is 27.4 Å².